The van der Waals surface area contributed by atoms with Crippen molar-refractivity contribution in [2.75, 3.05) is 20.3 Å². The van der Waals surface area contributed by atoms with Crippen LogP contribution in [0.15, 0.2) is 0 Å². The fourth-order valence-corrected chi connectivity index (χ4v) is 2.40. The lowest BCUT2D eigenvalue weighted by molar-refractivity contribution is 0.134. The lowest BCUT2D eigenvalue weighted by Crippen LogP contribution is -2.28. The van der Waals surface area contributed by atoms with E-state index in [1.54, 1.807) is 0 Å². The molecule has 0 aromatic carbocycles. The van der Waals surface area contributed by atoms with Crippen LogP contribution in [0.25, 0.3) is 0 Å². The van der Waals surface area contributed by atoms with Gasteiger partial charge in [-0.1, -0.05) is 25.7 Å². The largest absolute Gasteiger partial charge is 0.382 e. The topological polar surface area (TPSA) is 21.3 Å². The van der Waals surface area contributed by atoms with Gasteiger partial charge in [-0.05, 0) is 32.7 Å². The maximum atomic E-state index is 5.39. The summed E-state index contributed by atoms with van der Waals surface area (Å²) in [6.45, 7) is 3.82. The van der Waals surface area contributed by atoms with Crippen molar-refractivity contribution >= 4 is 0 Å². The molecule has 1 N–H and O–H groups in total. The second kappa shape index (κ2) is 7.24. The van der Waals surface area contributed by atoms with E-state index in [4.69, 9.17) is 4.74 Å². The molecule has 1 rings (SSSR count). The molecule has 0 spiro atoms. The SMILES string of the molecule is CCOCCC(CC1CCCC1)NC. The van der Waals surface area contributed by atoms with Crippen LogP contribution < -0.4 is 5.32 Å². The molecule has 14 heavy (non-hydrogen) atoms. The van der Waals surface area contributed by atoms with Crippen LogP contribution in [0.3, 0.4) is 0 Å². The predicted octanol–water partition coefficient (Wildman–Crippen LogP) is 2.58. The molecule has 1 fully saturated rings. The second-order valence-corrected chi connectivity index (χ2v) is 4.36. The van der Waals surface area contributed by atoms with Gasteiger partial charge in [-0.3, -0.25) is 0 Å². The van der Waals surface area contributed by atoms with Gasteiger partial charge in [0.25, 0.3) is 0 Å². The minimum Gasteiger partial charge on any atom is -0.382 e. The van der Waals surface area contributed by atoms with Crippen LogP contribution in [0, 0.1) is 5.92 Å². The first-order valence-electron chi connectivity index (χ1n) is 6.11. The van der Waals surface area contributed by atoms with E-state index in [9.17, 15) is 0 Å². The molecule has 0 heterocycles. The van der Waals surface area contributed by atoms with Crippen molar-refractivity contribution in [2.45, 2.75) is 51.5 Å². The molecule has 0 saturated heterocycles. The van der Waals surface area contributed by atoms with Crippen LogP contribution >= 0.6 is 0 Å². The molecular weight excluding hydrogens is 174 g/mol. The van der Waals surface area contributed by atoms with Gasteiger partial charge in [-0.2, -0.15) is 0 Å². The zero-order valence-electron chi connectivity index (χ0n) is 9.72. The summed E-state index contributed by atoms with van der Waals surface area (Å²) < 4.78 is 5.39. The van der Waals surface area contributed by atoms with Crippen LogP contribution in [-0.2, 0) is 4.74 Å². The van der Waals surface area contributed by atoms with Crippen LogP contribution in [-0.4, -0.2) is 26.3 Å². The zero-order chi connectivity index (χ0) is 10.2. The van der Waals surface area contributed by atoms with Gasteiger partial charge >= 0.3 is 0 Å². The molecule has 1 atom stereocenters. The normalized spacial score (nSPS) is 20.1. The first-order valence-corrected chi connectivity index (χ1v) is 6.11. The quantitative estimate of drug-likeness (QED) is 0.636. The van der Waals surface area contributed by atoms with Gasteiger partial charge in [0.2, 0.25) is 0 Å². The molecule has 1 aliphatic carbocycles. The van der Waals surface area contributed by atoms with E-state index in [2.05, 4.69) is 19.3 Å². The highest BCUT2D eigenvalue weighted by Crippen LogP contribution is 2.28. The monoisotopic (exact) mass is 199 g/mol. The third-order valence-electron chi connectivity index (χ3n) is 3.32. The molecule has 84 valence electrons. The van der Waals surface area contributed by atoms with Crippen molar-refractivity contribution in [3.05, 3.63) is 0 Å². The Morgan fingerprint density at radius 1 is 1.36 bits per heavy atom. The summed E-state index contributed by atoms with van der Waals surface area (Å²) in [4.78, 5) is 0. The van der Waals surface area contributed by atoms with E-state index < -0.39 is 0 Å². The van der Waals surface area contributed by atoms with Crippen molar-refractivity contribution in [1.82, 2.24) is 5.32 Å². The van der Waals surface area contributed by atoms with Crippen molar-refractivity contribution in [2.24, 2.45) is 5.92 Å². The predicted molar refractivity (Wildman–Crippen MR) is 60.5 cm³/mol. The second-order valence-electron chi connectivity index (χ2n) is 4.36. The highest BCUT2D eigenvalue weighted by atomic mass is 16.5. The van der Waals surface area contributed by atoms with E-state index in [1.807, 2.05) is 0 Å². The molecule has 0 radical (unpaired) electrons. The number of rotatable bonds is 7. The average molecular weight is 199 g/mol. The average Bonchev–Trinajstić information content (AvgIpc) is 2.69. The van der Waals surface area contributed by atoms with Gasteiger partial charge in [0, 0.05) is 19.3 Å². The first kappa shape index (κ1) is 12.0. The van der Waals surface area contributed by atoms with E-state index >= 15 is 0 Å². The smallest absolute Gasteiger partial charge is 0.0480 e. The Morgan fingerprint density at radius 3 is 2.64 bits per heavy atom. The van der Waals surface area contributed by atoms with Gasteiger partial charge in [0.1, 0.15) is 0 Å². The highest BCUT2D eigenvalue weighted by molar-refractivity contribution is 4.74. The Hall–Kier alpha value is -0.0800. The van der Waals surface area contributed by atoms with Gasteiger partial charge in [-0.15, -0.1) is 0 Å². The van der Waals surface area contributed by atoms with Crippen LogP contribution in [0.2, 0.25) is 0 Å². The molecule has 0 aromatic rings. The summed E-state index contributed by atoms with van der Waals surface area (Å²) >= 11 is 0. The van der Waals surface area contributed by atoms with Crippen molar-refractivity contribution in [1.29, 1.82) is 0 Å². The van der Waals surface area contributed by atoms with Gasteiger partial charge in [0.15, 0.2) is 0 Å². The molecule has 1 saturated carbocycles. The summed E-state index contributed by atoms with van der Waals surface area (Å²) in [5.74, 6) is 0.981. The Labute approximate surface area is 88.4 Å². The minimum atomic E-state index is 0.671. The van der Waals surface area contributed by atoms with Gasteiger partial charge in [-0.25, -0.2) is 0 Å². The van der Waals surface area contributed by atoms with Crippen molar-refractivity contribution in [3.8, 4) is 0 Å². The van der Waals surface area contributed by atoms with E-state index in [1.165, 1.54) is 38.5 Å². The number of nitrogens with one attached hydrogen (secondary N) is 1. The molecule has 0 bridgehead atoms. The van der Waals surface area contributed by atoms with E-state index in [0.717, 1.165) is 19.1 Å². The molecule has 0 amide bonds. The molecule has 0 aliphatic heterocycles. The Morgan fingerprint density at radius 2 is 2.07 bits per heavy atom. The number of hydrogen-bond acceptors (Lipinski definition) is 2. The van der Waals surface area contributed by atoms with Crippen molar-refractivity contribution < 1.29 is 4.74 Å². The lowest BCUT2D eigenvalue weighted by Gasteiger charge is -2.19. The Bertz CT molecular complexity index is 132. The highest BCUT2D eigenvalue weighted by Gasteiger charge is 2.18. The fraction of sp³-hybridized carbons (Fsp3) is 1.00. The fourth-order valence-electron chi connectivity index (χ4n) is 2.40. The standard InChI is InChI=1S/C12H25NO/c1-3-14-9-8-12(13-2)10-11-6-4-5-7-11/h11-13H,3-10H2,1-2H3. The third kappa shape index (κ3) is 4.43. The Balaban J connectivity index is 2.10. The summed E-state index contributed by atoms with van der Waals surface area (Å²) in [5, 5.41) is 3.41. The molecule has 2 nitrogen and oxygen atoms in total. The molecule has 0 aromatic heterocycles. The number of hydrogen-bond donors (Lipinski definition) is 1. The molecule has 1 aliphatic rings. The van der Waals surface area contributed by atoms with Crippen LogP contribution in [0.5, 0.6) is 0 Å². The molecular formula is C12H25NO. The lowest BCUT2D eigenvalue weighted by atomic mass is 9.97. The minimum absolute atomic E-state index is 0.671. The summed E-state index contributed by atoms with van der Waals surface area (Å²) in [6.07, 6.45) is 8.32. The number of ether oxygens (including phenoxy) is 1. The first-order chi connectivity index (χ1) is 6.86. The van der Waals surface area contributed by atoms with Crippen molar-refractivity contribution in [3.63, 3.8) is 0 Å². The van der Waals surface area contributed by atoms with E-state index in [-0.39, 0.29) is 0 Å². The van der Waals surface area contributed by atoms with Crippen LogP contribution in [0.1, 0.15) is 45.4 Å². The van der Waals surface area contributed by atoms with Gasteiger partial charge in [0.05, 0.1) is 0 Å². The Kier molecular flexibility index (Phi) is 6.20. The molecule has 2 heteroatoms. The van der Waals surface area contributed by atoms with Crippen LogP contribution in [0.4, 0.5) is 0 Å². The maximum absolute atomic E-state index is 5.39. The summed E-state index contributed by atoms with van der Waals surface area (Å²) in [5.41, 5.74) is 0. The summed E-state index contributed by atoms with van der Waals surface area (Å²) in [7, 11) is 2.07. The molecule has 1 unspecified atom stereocenters. The maximum Gasteiger partial charge on any atom is 0.0480 e. The summed E-state index contributed by atoms with van der Waals surface area (Å²) in [6, 6.07) is 0.671. The zero-order valence-corrected chi connectivity index (χ0v) is 9.72. The third-order valence-corrected chi connectivity index (χ3v) is 3.32. The van der Waals surface area contributed by atoms with E-state index in [0.29, 0.717) is 6.04 Å². The van der Waals surface area contributed by atoms with Gasteiger partial charge < -0.3 is 10.1 Å².